The van der Waals surface area contributed by atoms with Gasteiger partial charge in [0.1, 0.15) is 5.58 Å². The van der Waals surface area contributed by atoms with Gasteiger partial charge in [0.05, 0.1) is 11.6 Å². The van der Waals surface area contributed by atoms with Gasteiger partial charge in [-0.25, -0.2) is 4.79 Å². The highest BCUT2D eigenvalue weighted by Gasteiger charge is 2.08. The molecule has 3 rings (SSSR count). The third-order valence-corrected chi connectivity index (χ3v) is 5.11. The normalized spacial score (nSPS) is 10.7. The summed E-state index contributed by atoms with van der Waals surface area (Å²) >= 11 is 1.74. The van der Waals surface area contributed by atoms with Crippen molar-refractivity contribution in [2.75, 3.05) is 0 Å². The molecule has 0 aliphatic rings. The second kappa shape index (κ2) is 6.94. The Balaban J connectivity index is 1.80. The van der Waals surface area contributed by atoms with Gasteiger partial charge in [0.15, 0.2) is 0 Å². The summed E-state index contributed by atoms with van der Waals surface area (Å²) in [5.41, 5.74) is 5.49. The lowest BCUT2D eigenvalue weighted by atomic mass is 10.0. The summed E-state index contributed by atoms with van der Waals surface area (Å²) in [4.78, 5) is 11.8. The Morgan fingerprint density at radius 3 is 2.46 bits per heavy atom. The predicted octanol–water partition coefficient (Wildman–Crippen LogP) is 4.71. The molecule has 0 radical (unpaired) electrons. The molecule has 0 bridgehead atoms. The molecule has 0 unspecified atom stereocenters. The molecule has 0 fully saturated rings. The number of nitriles is 1. The van der Waals surface area contributed by atoms with E-state index in [1.807, 2.05) is 37.3 Å². The number of fused-ring (bicyclic) bond motifs is 1. The largest absolute Gasteiger partial charge is 0.423 e. The Morgan fingerprint density at radius 2 is 1.75 bits per heavy atom. The molecule has 1 heterocycles. The second-order valence-electron chi connectivity index (χ2n) is 5.82. The summed E-state index contributed by atoms with van der Waals surface area (Å²) in [6, 6.07) is 15.3. The van der Waals surface area contributed by atoms with E-state index in [4.69, 9.17) is 9.68 Å². The molecule has 4 heteroatoms. The number of hydrogen-bond donors (Lipinski definition) is 0. The molecule has 3 nitrogen and oxygen atoms in total. The average Bonchev–Trinajstić information content (AvgIpc) is 2.57. The SMILES string of the molecule is Cc1cc2oc(=O)cc(CSCc3ccc(C#N)cc3)c2cc1C. The van der Waals surface area contributed by atoms with Gasteiger partial charge in [-0.15, -0.1) is 0 Å². The van der Waals surface area contributed by atoms with Crippen LogP contribution < -0.4 is 5.63 Å². The molecular weight excluding hydrogens is 318 g/mol. The number of aryl methyl sites for hydroxylation is 2. The summed E-state index contributed by atoms with van der Waals surface area (Å²) in [6.07, 6.45) is 0. The third-order valence-electron chi connectivity index (χ3n) is 4.05. The van der Waals surface area contributed by atoms with Gasteiger partial charge in [0, 0.05) is 23.0 Å². The summed E-state index contributed by atoms with van der Waals surface area (Å²) < 4.78 is 5.33. The fourth-order valence-corrected chi connectivity index (χ4v) is 3.55. The van der Waals surface area contributed by atoms with E-state index in [0.717, 1.165) is 28.0 Å². The van der Waals surface area contributed by atoms with E-state index in [9.17, 15) is 4.79 Å². The van der Waals surface area contributed by atoms with Gasteiger partial charge in [-0.05, 0) is 60.4 Å². The number of rotatable bonds is 4. The van der Waals surface area contributed by atoms with Gasteiger partial charge >= 0.3 is 5.63 Å². The lowest BCUT2D eigenvalue weighted by Crippen LogP contribution is -2.00. The first kappa shape index (κ1) is 16.4. The Bertz CT molecular complexity index is 981. The number of nitrogens with zero attached hydrogens (tertiary/aromatic N) is 1. The minimum absolute atomic E-state index is 0.306. The van der Waals surface area contributed by atoms with E-state index < -0.39 is 0 Å². The van der Waals surface area contributed by atoms with E-state index in [1.54, 1.807) is 17.8 Å². The molecule has 0 N–H and O–H groups in total. The van der Waals surface area contributed by atoms with Crippen molar-refractivity contribution >= 4 is 22.7 Å². The predicted molar refractivity (Wildman–Crippen MR) is 98.1 cm³/mol. The minimum Gasteiger partial charge on any atom is -0.423 e. The monoisotopic (exact) mass is 335 g/mol. The Hall–Kier alpha value is -2.51. The fourth-order valence-electron chi connectivity index (χ4n) is 2.56. The van der Waals surface area contributed by atoms with Crippen LogP contribution in [-0.2, 0) is 11.5 Å². The molecule has 0 atom stereocenters. The average molecular weight is 335 g/mol. The number of hydrogen-bond acceptors (Lipinski definition) is 4. The molecule has 120 valence electrons. The highest BCUT2D eigenvalue weighted by Crippen LogP contribution is 2.26. The van der Waals surface area contributed by atoms with Crippen molar-refractivity contribution in [3.05, 3.63) is 80.7 Å². The second-order valence-corrected chi connectivity index (χ2v) is 6.81. The van der Waals surface area contributed by atoms with Crippen molar-refractivity contribution in [2.45, 2.75) is 25.4 Å². The smallest absolute Gasteiger partial charge is 0.336 e. The van der Waals surface area contributed by atoms with Crippen molar-refractivity contribution in [2.24, 2.45) is 0 Å². The maximum Gasteiger partial charge on any atom is 0.336 e. The first-order chi connectivity index (χ1) is 11.6. The van der Waals surface area contributed by atoms with Crippen LogP contribution in [0.4, 0.5) is 0 Å². The quantitative estimate of drug-likeness (QED) is 0.648. The molecule has 2 aromatic carbocycles. The van der Waals surface area contributed by atoms with Crippen LogP contribution in [0.25, 0.3) is 11.0 Å². The molecule has 0 aliphatic carbocycles. The third kappa shape index (κ3) is 3.52. The number of thioether (sulfide) groups is 1. The van der Waals surface area contributed by atoms with Crippen molar-refractivity contribution in [1.29, 1.82) is 5.26 Å². The molecule has 0 spiro atoms. The van der Waals surface area contributed by atoms with E-state index in [1.165, 1.54) is 11.1 Å². The highest BCUT2D eigenvalue weighted by atomic mass is 32.2. The van der Waals surface area contributed by atoms with Gasteiger partial charge in [-0.1, -0.05) is 12.1 Å². The topological polar surface area (TPSA) is 54.0 Å². The van der Waals surface area contributed by atoms with Gasteiger partial charge in [-0.3, -0.25) is 0 Å². The minimum atomic E-state index is -0.306. The van der Waals surface area contributed by atoms with Gasteiger partial charge in [0.2, 0.25) is 0 Å². The van der Waals surface area contributed by atoms with Crippen LogP contribution in [0.2, 0.25) is 0 Å². The van der Waals surface area contributed by atoms with Crippen molar-refractivity contribution < 1.29 is 4.42 Å². The van der Waals surface area contributed by atoms with Crippen LogP contribution in [0.1, 0.15) is 27.8 Å². The zero-order chi connectivity index (χ0) is 17.1. The molecular formula is C20H17NO2S. The van der Waals surface area contributed by atoms with Crippen LogP contribution in [0, 0.1) is 25.2 Å². The maximum absolute atomic E-state index is 11.8. The lowest BCUT2D eigenvalue weighted by molar-refractivity contribution is 0.559. The van der Waals surface area contributed by atoms with Crippen LogP contribution in [0.3, 0.4) is 0 Å². The summed E-state index contributed by atoms with van der Waals surface area (Å²) in [5.74, 6) is 1.57. The Labute approximate surface area is 144 Å². The van der Waals surface area contributed by atoms with Crippen LogP contribution in [-0.4, -0.2) is 0 Å². The van der Waals surface area contributed by atoms with Crippen LogP contribution in [0.15, 0.2) is 51.7 Å². The molecule has 0 saturated heterocycles. The van der Waals surface area contributed by atoms with Crippen molar-refractivity contribution in [3.63, 3.8) is 0 Å². The zero-order valence-electron chi connectivity index (χ0n) is 13.6. The molecule has 24 heavy (non-hydrogen) atoms. The van der Waals surface area contributed by atoms with E-state index in [-0.39, 0.29) is 5.63 Å². The van der Waals surface area contributed by atoms with E-state index in [0.29, 0.717) is 11.1 Å². The zero-order valence-corrected chi connectivity index (χ0v) is 14.4. The van der Waals surface area contributed by atoms with Crippen LogP contribution in [0.5, 0.6) is 0 Å². The van der Waals surface area contributed by atoms with E-state index in [2.05, 4.69) is 19.1 Å². The van der Waals surface area contributed by atoms with E-state index >= 15 is 0 Å². The summed E-state index contributed by atoms with van der Waals surface area (Å²) in [7, 11) is 0. The Kier molecular flexibility index (Phi) is 4.73. The molecule has 0 saturated carbocycles. The van der Waals surface area contributed by atoms with Gasteiger partial charge < -0.3 is 4.42 Å². The number of benzene rings is 2. The van der Waals surface area contributed by atoms with Crippen molar-refractivity contribution in [3.8, 4) is 6.07 Å². The maximum atomic E-state index is 11.8. The standard InChI is InChI=1S/C20H17NO2S/c1-13-7-18-17(9-20(22)23-19(18)8-14(13)2)12-24-11-16-5-3-15(10-21)4-6-16/h3-9H,11-12H2,1-2H3. The lowest BCUT2D eigenvalue weighted by Gasteiger charge is -2.08. The summed E-state index contributed by atoms with van der Waals surface area (Å²) in [6.45, 7) is 4.08. The first-order valence-corrected chi connectivity index (χ1v) is 8.83. The van der Waals surface area contributed by atoms with Crippen molar-refractivity contribution in [1.82, 2.24) is 0 Å². The fraction of sp³-hybridized carbons (Fsp3) is 0.200. The summed E-state index contributed by atoms with van der Waals surface area (Å²) in [5, 5.41) is 9.83. The van der Waals surface area contributed by atoms with Crippen LogP contribution >= 0.6 is 11.8 Å². The molecule has 1 aromatic heterocycles. The molecule has 3 aromatic rings. The van der Waals surface area contributed by atoms with Gasteiger partial charge in [0.25, 0.3) is 0 Å². The molecule has 0 amide bonds. The van der Waals surface area contributed by atoms with Gasteiger partial charge in [-0.2, -0.15) is 17.0 Å². The first-order valence-electron chi connectivity index (χ1n) is 7.67. The highest BCUT2D eigenvalue weighted by molar-refractivity contribution is 7.97. The molecule has 0 aliphatic heterocycles. The Morgan fingerprint density at radius 1 is 1.04 bits per heavy atom.